The molecule has 0 spiro atoms. The van der Waals surface area contributed by atoms with E-state index in [9.17, 15) is 4.79 Å². The lowest BCUT2D eigenvalue weighted by atomic mass is 9.78. The molecule has 1 fully saturated rings. The third kappa shape index (κ3) is 3.13. The molecule has 0 saturated heterocycles. The van der Waals surface area contributed by atoms with E-state index in [1.54, 1.807) is 0 Å². The minimum absolute atomic E-state index is 0.0801. The number of nitrogens with one attached hydrogen (secondary N) is 2. The van der Waals surface area contributed by atoms with E-state index < -0.39 is 0 Å². The molecule has 0 bridgehead atoms. The van der Waals surface area contributed by atoms with Crippen LogP contribution in [0, 0.1) is 11.8 Å². The topological polar surface area (TPSA) is 75.1 Å². The molecule has 2 N–H and O–H groups in total. The average molecular weight is 357 g/mol. The molecule has 1 amide bonds. The van der Waals surface area contributed by atoms with Crippen LogP contribution in [0.5, 0.6) is 0 Å². The Morgan fingerprint density at radius 2 is 2.20 bits per heavy atom. The minimum atomic E-state index is 0.0801. The summed E-state index contributed by atoms with van der Waals surface area (Å²) in [6.45, 7) is 4.53. The molecule has 132 valence electrons. The molecule has 1 saturated carbocycles. The number of H-pyrrole nitrogens is 1. The highest BCUT2D eigenvalue weighted by Crippen LogP contribution is 2.29. The van der Waals surface area contributed by atoms with Crippen LogP contribution < -0.4 is 5.32 Å². The van der Waals surface area contributed by atoms with E-state index >= 15 is 0 Å². The number of benzene rings is 1. The van der Waals surface area contributed by atoms with Crippen molar-refractivity contribution in [2.75, 3.05) is 5.75 Å². The lowest BCUT2D eigenvalue weighted by Gasteiger charge is -2.34. The Balaban J connectivity index is 1.44. The Bertz CT molecular complexity index is 901. The summed E-state index contributed by atoms with van der Waals surface area (Å²) in [5.74, 6) is 2.37. The van der Waals surface area contributed by atoms with Gasteiger partial charge in [-0.15, -0.1) is 5.10 Å². The average Bonchev–Trinajstić information content (AvgIpc) is 3.16. The third-order valence-electron chi connectivity index (χ3n) is 5.39. The molecule has 1 aromatic carbocycles. The van der Waals surface area contributed by atoms with E-state index in [1.807, 2.05) is 28.7 Å². The lowest BCUT2D eigenvalue weighted by Crippen LogP contribution is -2.44. The number of carbonyl (C=O) groups is 1. The minimum Gasteiger partial charge on any atom is -0.352 e. The second kappa shape index (κ2) is 6.71. The van der Waals surface area contributed by atoms with Gasteiger partial charge in [-0.3, -0.25) is 9.20 Å². The van der Waals surface area contributed by atoms with Gasteiger partial charge in [-0.2, -0.15) is 0 Å². The SMILES string of the molecule is C[C@@H]1[C@H](C)CCC[C@@H]1NC(=O)CSc1n[nH]c2nc3ccccc3n12. The van der Waals surface area contributed by atoms with Crippen LogP contribution in [-0.2, 0) is 4.79 Å². The number of nitrogens with zero attached hydrogens (tertiary/aromatic N) is 3. The number of imidazole rings is 1. The van der Waals surface area contributed by atoms with Gasteiger partial charge in [-0.05, 0) is 30.4 Å². The third-order valence-corrected chi connectivity index (χ3v) is 6.33. The molecule has 3 atom stereocenters. The molecule has 1 aliphatic rings. The first-order chi connectivity index (χ1) is 12.1. The number of amides is 1. The number of para-hydroxylation sites is 2. The molecule has 2 aromatic heterocycles. The van der Waals surface area contributed by atoms with Gasteiger partial charge in [0.15, 0.2) is 5.16 Å². The number of rotatable bonds is 4. The fourth-order valence-electron chi connectivity index (χ4n) is 3.70. The van der Waals surface area contributed by atoms with Crippen molar-refractivity contribution in [3.63, 3.8) is 0 Å². The van der Waals surface area contributed by atoms with Crippen LogP contribution in [0.3, 0.4) is 0 Å². The summed E-state index contributed by atoms with van der Waals surface area (Å²) >= 11 is 1.44. The quantitative estimate of drug-likeness (QED) is 0.703. The van der Waals surface area contributed by atoms with Gasteiger partial charge in [0.1, 0.15) is 0 Å². The fraction of sp³-hybridized carbons (Fsp3) is 0.500. The first kappa shape index (κ1) is 16.4. The monoisotopic (exact) mass is 357 g/mol. The summed E-state index contributed by atoms with van der Waals surface area (Å²) in [5, 5.41) is 11.2. The Kier molecular flexibility index (Phi) is 4.41. The second-order valence-electron chi connectivity index (χ2n) is 7.00. The van der Waals surface area contributed by atoms with Crippen molar-refractivity contribution in [3.8, 4) is 0 Å². The standard InChI is InChI=1S/C18H23N5OS/c1-11-6-5-8-13(12(11)2)19-16(24)10-25-18-22-21-17-20-14-7-3-4-9-15(14)23(17)18/h3-4,7,9,11-13H,5-6,8,10H2,1-2H3,(H,19,24)(H,20,21)/t11-,12-,13+/m1/s1. The van der Waals surface area contributed by atoms with Gasteiger partial charge in [0.2, 0.25) is 11.7 Å². The summed E-state index contributed by atoms with van der Waals surface area (Å²) in [7, 11) is 0. The smallest absolute Gasteiger partial charge is 0.231 e. The van der Waals surface area contributed by atoms with Crippen LogP contribution in [0.2, 0.25) is 0 Å². The second-order valence-corrected chi connectivity index (χ2v) is 7.94. The number of fused-ring (bicyclic) bond motifs is 3. The first-order valence-electron chi connectivity index (χ1n) is 8.87. The van der Waals surface area contributed by atoms with Gasteiger partial charge in [0.05, 0.1) is 16.8 Å². The molecule has 0 aliphatic heterocycles. The first-order valence-corrected chi connectivity index (χ1v) is 9.86. The molecule has 1 aliphatic carbocycles. The maximum atomic E-state index is 12.4. The number of aromatic nitrogens is 4. The molecule has 25 heavy (non-hydrogen) atoms. The molecular formula is C18H23N5OS. The van der Waals surface area contributed by atoms with Gasteiger partial charge in [-0.1, -0.05) is 50.6 Å². The van der Waals surface area contributed by atoms with Crippen LogP contribution >= 0.6 is 11.8 Å². The van der Waals surface area contributed by atoms with Crippen LogP contribution in [-0.4, -0.2) is 37.3 Å². The van der Waals surface area contributed by atoms with Crippen molar-refractivity contribution >= 4 is 34.5 Å². The Hall–Kier alpha value is -2.02. The summed E-state index contributed by atoms with van der Waals surface area (Å²) in [5.41, 5.74) is 1.93. The van der Waals surface area contributed by atoms with Crippen molar-refractivity contribution in [2.24, 2.45) is 11.8 Å². The van der Waals surface area contributed by atoms with Gasteiger partial charge >= 0.3 is 0 Å². The van der Waals surface area contributed by atoms with Crippen LogP contribution in [0.1, 0.15) is 33.1 Å². The Labute approximate surface area is 150 Å². The molecular weight excluding hydrogens is 334 g/mol. The van der Waals surface area contributed by atoms with E-state index in [-0.39, 0.29) is 5.91 Å². The summed E-state index contributed by atoms with van der Waals surface area (Å²) in [6.07, 6.45) is 3.55. The summed E-state index contributed by atoms with van der Waals surface area (Å²) in [6, 6.07) is 8.23. The molecule has 7 heteroatoms. The number of hydrogen-bond donors (Lipinski definition) is 2. The van der Waals surface area contributed by atoms with Crippen molar-refractivity contribution in [1.29, 1.82) is 0 Å². The van der Waals surface area contributed by atoms with Gasteiger partial charge in [0, 0.05) is 6.04 Å². The van der Waals surface area contributed by atoms with Crippen LogP contribution in [0.25, 0.3) is 16.8 Å². The molecule has 6 nitrogen and oxygen atoms in total. The zero-order chi connectivity index (χ0) is 17.4. The summed E-state index contributed by atoms with van der Waals surface area (Å²) < 4.78 is 1.97. The van der Waals surface area contributed by atoms with Crippen LogP contribution in [0.15, 0.2) is 29.4 Å². The van der Waals surface area contributed by atoms with Crippen LogP contribution in [0.4, 0.5) is 0 Å². The van der Waals surface area contributed by atoms with E-state index in [0.717, 1.165) is 22.6 Å². The number of aromatic amines is 1. The largest absolute Gasteiger partial charge is 0.352 e. The normalized spacial score (nSPS) is 24.0. The van der Waals surface area contributed by atoms with Gasteiger partial charge in [0.25, 0.3) is 0 Å². The highest BCUT2D eigenvalue weighted by atomic mass is 32.2. The zero-order valence-corrected chi connectivity index (χ0v) is 15.3. The van der Waals surface area contributed by atoms with Gasteiger partial charge < -0.3 is 5.32 Å². The predicted molar refractivity (Wildman–Crippen MR) is 99.7 cm³/mol. The van der Waals surface area contributed by atoms with Crippen molar-refractivity contribution < 1.29 is 4.79 Å². The summed E-state index contributed by atoms with van der Waals surface area (Å²) in [4.78, 5) is 16.9. The number of hydrogen-bond acceptors (Lipinski definition) is 4. The molecule has 2 heterocycles. The van der Waals surface area contributed by atoms with Crippen molar-refractivity contribution in [3.05, 3.63) is 24.3 Å². The van der Waals surface area contributed by atoms with E-state index in [4.69, 9.17) is 0 Å². The molecule has 0 unspecified atom stereocenters. The molecule has 3 aromatic rings. The number of thioether (sulfide) groups is 1. The highest BCUT2D eigenvalue weighted by Gasteiger charge is 2.28. The van der Waals surface area contributed by atoms with E-state index in [2.05, 4.69) is 34.3 Å². The van der Waals surface area contributed by atoms with Gasteiger partial charge in [-0.25, -0.2) is 10.1 Å². The van der Waals surface area contributed by atoms with Crippen molar-refractivity contribution in [2.45, 2.75) is 44.3 Å². The number of carbonyl (C=O) groups excluding carboxylic acids is 1. The van der Waals surface area contributed by atoms with E-state index in [1.165, 1.54) is 24.6 Å². The zero-order valence-electron chi connectivity index (χ0n) is 14.5. The maximum absolute atomic E-state index is 12.4. The maximum Gasteiger partial charge on any atom is 0.231 e. The molecule has 4 rings (SSSR count). The molecule has 0 radical (unpaired) electrons. The van der Waals surface area contributed by atoms with E-state index in [0.29, 0.717) is 29.4 Å². The Morgan fingerprint density at radius 3 is 3.08 bits per heavy atom. The highest BCUT2D eigenvalue weighted by molar-refractivity contribution is 7.99. The van der Waals surface area contributed by atoms with Crippen molar-refractivity contribution in [1.82, 2.24) is 24.9 Å². The lowest BCUT2D eigenvalue weighted by molar-refractivity contribution is -0.120. The Morgan fingerprint density at radius 1 is 1.36 bits per heavy atom. The predicted octanol–water partition coefficient (Wildman–Crippen LogP) is 3.24. The fourth-order valence-corrected chi connectivity index (χ4v) is 4.47.